The third-order valence-electron chi connectivity index (χ3n) is 4.02. The third-order valence-corrected chi connectivity index (χ3v) is 4.75. The van der Waals surface area contributed by atoms with Gasteiger partial charge >= 0.3 is 0 Å². The normalized spacial score (nSPS) is 11.4. The van der Waals surface area contributed by atoms with Crippen molar-refractivity contribution in [2.45, 2.75) is 6.92 Å². The van der Waals surface area contributed by atoms with Crippen LogP contribution in [0.15, 0.2) is 58.1 Å². The number of nitrogens with zero attached hydrogens (tertiary/aromatic N) is 4. The molecule has 2 N–H and O–H groups in total. The molecule has 9 heteroatoms. The molecule has 27 heavy (non-hydrogen) atoms. The summed E-state index contributed by atoms with van der Waals surface area (Å²) in [4.78, 5) is 17.6. The predicted molar refractivity (Wildman–Crippen MR) is 103 cm³/mol. The molecule has 0 fully saturated rings. The molecule has 2 heterocycles. The van der Waals surface area contributed by atoms with Gasteiger partial charge in [0, 0.05) is 28.5 Å². The molecule has 2 aromatic heterocycles. The molecule has 0 saturated carbocycles. The van der Waals surface area contributed by atoms with Crippen molar-refractivity contribution in [1.82, 2.24) is 9.97 Å². The molecule has 0 amide bonds. The zero-order chi connectivity index (χ0) is 19.0. The maximum atomic E-state index is 11.0. The summed E-state index contributed by atoms with van der Waals surface area (Å²) < 4.78 is 0. The Balaban J connectivity index is 1.67. The first kappa shape index (κ1) is 16.9. The molecular formula is C18H13N5O3S. The van der Waals surface area contributed by atoms with Crippen molar-refractivity contribution in [2.75, 3.05) is 0 Å². The fourth-order valence-corrected chi connectivity index (χ4v) is 3.27. The van der Waals surface area contributed by atoms with Gasteiger partial charge in [-0.1, -0.05) is 29.8 Å². The maximum Gasteiger partial charge on any atom is 0.270 e. The molecule has 0 aliphatic carbocycles. The molecule has 0 aliphatic heterocycles. The Bertz CT molecular complexity index is 1180. The molecule has 0 radical (unpaired) electrons. The lowest BCUT2D eigenvalue weighted by Gasteiger charge is -1.96. The van der Waals surface area contributed by atoms with Gasteiger partial charge in [0.25, 0.3) is 5.69 Å². The molecule has 4 aromatic rings. The SMILES string of the molecule is Cc1ccc(-c2csc(N=Nc3c(O)[nH]c4ccc([N+](=O)[O-])cc34)n2)cc1. The Hall–Kier alpha value is -3.59. The number of H-pyrrole nitrogens is 1. The van der Waals surface area contributed by atoms with E-state index in [0.29, 0.717) is 16.0 Å². The lowest BCUT2D eigenvalue weighted by Crippen LogP contribution is -1.86. The number of aryl methyl sites for hydroxylation is 1. The van der Waals surface area contributed by atoms with Gasteiger partial charge in [0.05, 0.1) is 16.1 Å². The van der Waals surface area contributed by atoms with Crippen LogP contribution in [0.2, 0.25) is 0 Å². The zero-order valence-electron chi connectivity index (χ0n) is 14.1. The highest BCUT2D eigenvalue weighted by Crippen LogP contribution is 2.38. The van der Waals surface area contributed by atoms with Crippen LogP contribution in [-0.2, 0) is 0 Å². The number of non-ortho nitro benzene ring substituents is 1. The van der Waals surface area contributed by atoms with E-state index in [1.807, 2.05) is 36.6 Å². The second-order valence-corrected chi connectivity index (χ2v) is 6.73. The van der Waals surface area contributed by atoms with Crippen molar-refractivity contribution >= 4 is 38.7 Å². The van der Waals surface area contributed by atoms with E-state index in [9.17, 15) is 15.2 Å². The van der Waals surface area contributed by atoms with Crippen molar-refractivity contribution in [3.05, 3.63) is 63.5 Å². The molecule has 4 rings (SSSR count). The number of nitro groups is 1. The van der Waals surface area contributed by atoms with Gasteiger partial charge in [0.1, 0.15) is 0 Å². The summed E-state index contributed by atoms with van der Waals surface area (Å²) in [6.45, 7) is 2.02. The molecule has 0 aliphatic rings. The lowest BCUT2D eigenvalue weighted by molar-refractivity contribution is -0.384. The highest BCUT2D eigenvalue weighted by molar-refractivity contribution is 7.13. The number of hydrogen-bond acceptors (Lipinski definition) is 7. The molecule has 0 unspecified atom stereocenters. The van der Waals surface area contributed by atoms with Crippen molar-refractivity contribution in [2.24, 2.45) is 10.2 Å². The number of benzene rings is 2. The first-order valence-electron chi connectivity index (χ1n) is 7.94. The molecule has 134 valence electrons. The van der Waals surface area contributed by atoms with Gasteiger partial charge < -0.3 is 10.1 Å². The second kappa shape index (κ2) is 6.61. The molecule has 2 aromatic carbocycles. The largest absolute Gasteiger partial charge is 0.493 e. The van der Waals surface area contributed by atoms with Gasteiger partial charge in [0.2, 0.25) is 11.0 Å². The molecule has 0 bridgehead atoms. The van der Waals surface area contributed by atoms with E-state index in [1.54, 1.807) is 0 Å². The van der Waals surface area contributed by atoms with Crippen LogP contribution >= 0.6 is 11.3 Å². The Kier molecular flexibility index (Phi) is 4.13. The monoisotopic (exact) mass is 379 g/mol. The van der Waals surface area contributed by atoms with E-state index in [2.05, 4.69) is 20.2 Å². The Morgan fingerprint density at radius 1 is 1.19 bits per heavy atom. The van der Waals surface area contributed by atoms with Crippen LogP contribution in [0.5, 0.6) is 5.88 Å². The van der Waals surface area contributed by atoms with E-state index in [4.69, 9.17) is 0 Å². The summed E-state index contributed by atoms with van der Waals surface area (Å²) >= 11 is 1.32. The minimum absolute atomic E-state index is 0.0890. The fraction of sp³-hybridized carbons (Fsp3) is 0.0556. The molecule has 0 atom stereocenters. The topological polar surface area (TPSA) is 117 Å². The van der Waals surface area contributed by atoms with Gasteiger partial charge in [0.15, 0.2) is 5.69 Å². The van der Waals surface area contributed by atoms with Crippen LogP contribution in [0.25, 0.3) is 22.2 Å². The Morgan fingerprint density at radius 2 is 1.96 bits per heavy atom. The fourth-order valence-electron chi connectivity index (χ4n) is 2.63. The van der Waals surface area contributed by atoms with Crippen LogP contribution in [0.1, 0.15) is 5.56 Å². The minimum Gasteiger partial charge on any atom is -0.493 e. The first-order chi connectivity index (χ1) is 13.0. The minimum atomic E-state index is -0.501. The number of aromatic amines is 1. The number of fused-ring (bicyclic) bond motifs is 1. The highest BCUT2D eigenvalue weighted by atomic mass is 32.1. The standard InChI is InChI=1S/C18H13N5O3S/c1-10-2-4-11(5-3-10)15-9-27-18(20-15)22-21-16-13-8-12(23(25)26)6-7-14(13)19-17(16)24/h2-9,19,24H,1H3. The van der Waals surface area contributed by atoms with Gasteiger partial charge in [-0.25, -0.2) is 4.98 Å². The summed E-state index contributed by atoms with van der Waals surface area (Å²) in [6.07, 6.45) is 0. The summed E-state index contributed by atoms with van der Waals surface area (Å²) in [5, 5.41) is 31.9. The molecule has 0 spiro atoms. The average Bonchev–Trinajstić information content (AvgIpc) is 3.24. The van der Waals surface area contributed by atoms with Crippen LogP contribution in [-0.4, -0.2) is 20.0 Å². The van der Waals surface area contributed by atoms with Crippen LogP contribution in [0.4, 0.5) is 16.5 Å². The number of aromatic nitrogens is 2. The number of azo groups is 1. The number of nitrogens with one attached hydrogen (secondary N) is 1. The van der Waals surface area contributed by atoms with Crippen molar-refractivity contribution in [1.29, 1.82) is 0 Å². The number of nitro benzene ring substituents is 1. The number of aromatic hydroxyl groups is 1. The molecular weight excluding hydrogens is 366 g/mol. The van der Waals surface area contributed by atoms with Gasteiger partial charge in [-0.2, -0.15) is 0 Å². The van der Waals surface area contributed by atoms with Crippen molar-refractivity contribution in [3.63, 3.8) is 0 Å². The maximum absolute atomic E-state index is 11.0. The smallest absolute Gasteiger partial charge is 0.270 e. The second-order valence-electron chi connectivity index (χ2n) is 5.89. The van der Waals surface area contributed by atoms with Crippen molar-refractivity contribution < 1.29 is 10.0 Å². The van der Waals surface area contributed by atoms with Crippen LogP contribution < -0.4 is 0 Å². The summed E-state index contributed by atoms with van der Waals surface area (Å²) in [7, 11) is 0. The van der Waals surface area contributed by atoms with E-state index < -0.39 is 4.92 Å². The lowest BCUT2D eigenvalue weighted by atomic mass is 10.1. The van der Waals surface area contributed by atoms with Gasteiger partial charge in [-0.3, -0.25) is 10.1 Å². The molecule has 8 nitrogen and oxygen atoms in total. The quantitative estimate of drug-likeness (QED) is 0.271. The van der Waals surface area contributed by atoms with E-state index in [-0.39, 0.29) is 17.3 Å². The summed E-state index contributed by atoms with van der Waals surface area (Å²) in [6, 6.07) is 12.2. The van der Waals surface area contributed by atoms with Crippen LogP contribution in [0, 0.1) is 17.0 Å². The number of hydrogen-bond donors (Lipinski definition) is 2. The average molecular weight is 379 g/mol. The number of rotatable bonds is 4. The third kappa shape index (κ3) is 3.27. The Morgan fingerprint density at radius 3 is 2.70 bits per heavy atom. The van der Waals surface area contributed by atoms with E-state index in [1.165, 1.54) is 29.5 Å². The zero-order valence-corrected chi connectivity index (χ0v) is 14.9. The van der Waals surface area contributed by atoms with Gasteiger partial charge in [-0.05, 0) is 13.0 Å². The Labute approximate surface area is 157 Å². The summed E-state index contributed by atoms with van der Waals surface area (Å²) in [5.41, 5.74) is 3.51. The van der Waals surface area contributed by atoms with Crippen molar-refractivity contribution in [3.8, 4) is 17.1 Å². The first-order valence-corrected chi connectivity index (χ1v) is 8.82. The molecule has 0 saturated heterocycles. The van der Waals surface area contributed by atoms with Gasteiger partial charge in [-0.15, -0.1) is 21.6 Å². The van der Waals surface area contributed by atoms with Crippen LogP contribution in [0.3, 0.4) is 0 Å². The summed E-state index contributed by atoms with van der Waals surface area (Å²) in [5.74, 6) is -0.204. The predicted octanol–water partition coefficient (Wildman–Crippen LogP) is 5.63. The highest BCUT2D eigenvalue weighted by Gasteiger charge is 2.15. The van der Waals surface area contributed by atoms with E-state index >= 15 is 0 Å². The van der Waals surface area contributed by atoms with E-state index in [0.717, 1.165) is 16.8 Å². The number of thiazole rings is 1.